The molecular formula is C22H24N2O2. The SMILES string of the molecule is CCc1ccc(C2=NN3[C@H](C2)c2ccccc2O[C@@]3(C)/C=C(/C)O)cc1. The first-order valence-electron chi connectivity index (χ1n) is 9.12. The minimum atomic E-state index is -0.817. The summed E-state index contributed by atoms with van der Waals surface area (Å²) in [5.74, 6) is 1.08. The predicted octanol–water partition coefficient (Wildman–Crippen LogP) is 4.97. The second-order valence-corrected chi connectivity index (χ2v) is 7.14. The lowest BCUT2D eigenvalue weighted by Gasteiger charge is -2.44. The fraction of sp³-hybridized carbons (Fsp3) is 0.318. The summed E-state index contributed by atoms with van der Waals surface area (Å²) in [5.41, 5.74) is 3.83. The van der Waals surface area contributed by atoms with E-state index in [1.54, 1.807) is 13.0 Å². The van der Waals surface area contributed by atoms with E-state index in [0.29, 0.717) is 0 Å². The molecule has 0 saturated carbocycles. The zero-order valence-corrected chi connectivity index (χ0v) is 15.4. The number of para-hydroxylation sites is 1. The molecule has 2 atom stereocenters. The molecule has 2 aromatic carbocycles. The summed E-state index contributed by atoms with van der Waals surface area (Å²) in [6.07, 6.45) is 3.57. The Morgan fingerprint density at radius 3 is 2.69 bits per heavy atom. The highest BCUT2D eigenvalue weighted by Crippen LogP contribution is 2.47. The molecule has 0 saturated heterocycles. The minimum Gasteiger partial charge on any atom is -0.513 e. The van der Waals surface area contributed by atoms with Crippen molar-refractivity contribution in [1.29, 1.82) is 0 Å². The van der Waals surface area contributed by atoms with Crippen molar-refractivity contribution in [2.45, 2.75) is 45.4 Å². The van der Waals surface area contributed by atoms with Crippen LogP contribution in [0.4, 0.5) is 0 Å². The molecule has 2 aliphatic rings. The van der Waals surface area contributed by atoms with Crippen molar-refractivity contribution in [2.24, 2.45) is 5.10 Å². The van der Waals surface area contributed by atoms with Crippen LogP contribution in [-0.4, -0.2) is 21.6 Å². The van der Waals surface area contributed by atoms with Crippen LogP contribution >= 0.6 is 0 Å². The summed E-state index contributed by atoms with van der Waals surface area (Å²) in [6, 6.07) is 16.8. The summed E-state index contributed by atoms with van der Waals surface area (Å²) in [7, 11) is 0. The van der Waals surface area contributed by atoms with Crippen LogP contribution in [0.15, 0.2) is 65.5 Å². The standard InChI is InChI=1S/C22H24N2O2/c1-4-16-9-11-17(12-10-16)19-13-20-18-7-5-6-8-21(18)26-22(3,14-15(2)25)24(20)23-19/h5-12,14,20,25H,4,13H2,1-3H3/b15-14-/t20-,22+/m1/s1. The van der Waals surface area contributed by atoms with E-state index >= 15 is 0 Å². The van der Waals surface area contributed by atoms with Crippen molar-refractivity contribution in [3.05, 3.63) is 77.1 Å². The van der Waals surface area contributed by atoms with Gasteiger partial charge in [-0.25, -0.2) is 5.01 Å². The van der Waals surface area contributed by atoms with Crippen molar-refractivity contribution < 1.29 is 9.84 Å². The van der Waals surface area contributed by atoms with Gasteiger partial charge in [0.1, 0.15) is 5.75 Å². The normalized spacial score (nSPS) is 24.6. The number of hydrazone groups is 1. The van der Waals surface area contributed by atoms with Gasteiger partial charge in [-0.1, -0.05) is 49.4 Å². The van der Waals surface area contributed by atoms with E-state index in [2.05, 4.69) is 37.3 Å². The van der Waals surface area contributed by atoms with Crippen molar-refractivity contribution in [1.82, 2.24) is 5.01 Å². The van der Waals surface area contributed by atoms with E-state index in [9.17, 15) is 5.11 Å². The lowest BCUT2D eigenvalue weighted by Crippen LogP contribution is -2.50. The topological polar surface area (TPSA) is 45.1 Å². The molecule has 0 aliphatic carbocycles. The van der Waals surface area contributed by atoms with E-state index < -0.39 is 5.72 Å². The van der Waals surface area contributed by atoms with Gasteiger partial charge in [0.25, 0.3) is 0 Å². The van der Waals surface area contributed by atoms with Crippen molar-refractivity contribution in [2.75, 3.05) is 0 Å². The van der Waals surface area contributed by atoms with E-state index in [-0.39, 0.29) is 11.8 Å². The lowest BCUT2D eigenvalue weighted by atomic mass is 9.94. The first kappa shape index (κ1) is 16.7. The molecule has 0 amide bonds. The molecule has 0 bridgehead atoms. The number of benzene rings is 2. The Morgan fingerprint density at radius 1 is 1.27 bits per heavy atom. The van der Waals surface area contributed by atoms with Crippen LogP contribution in [0.1, 0.15) is 49.9 Å². The Kier molecular flexibility index (Phi) is 3.98. The second kappa shape index (κ2) is 6.20. The van der Waals surface area contributed by atoms with Crippen molar-refractivity contribution in [3.8, 4) is 5.75 Å². The zero-order chi connectivity index (χ0) is 18.3. The maximum Gasteiger partial charge on any atom is 0.218 e. The average molecular weight is 348 g/mol. The zero-order valence-electron chi connectivity index (χ0n) is 15.4. The Bertz CT molecular complexity index is 881. The molecule has 0 spiro atoms. The molecule has 0 fully saturated rings. The highest BCUT2D eigenvalue weighted by molar-refractivity contribution is 6.02. The van der Waals surface area contributed by atoms with Gasteiger partial charge < -0.3 is 9.84 Å². The molecular weight excluding hydrogens is 324 g/mol. The highest BCUT2D eigenvalue weighted by atomic mass is 16.5. The van der Waals surface area contributed by atoms with Gasteiger partial charge in [0.2, 0.25) is 5.72 Å². The quantitative estimate of drug-likeness (QED) is 0.797. The van der Waals surface area contributed by atoms with Crippen LogP contribution in [0.25, 0.3) is 0 Å². The third kappa shape index (κ3) is 2.75. The Hall–Kier alpha value is -2.75. The number of hydrogen-bond donors (Lipinski definition) is 1. The van der Waals surface area contributed by atoms with Crippen LogP contribution in [0.3, 0.4) is 0 Å². The predicted molar refractivity (Wildman–Crippen MR) is 103 cm³/mol. The van der Waals surface area contributed by atoms with E-state index in [0.717, 1.165) is 35.4 Å². The van der Waals surface area contributed by atoms with Crippen LogP contribution in [-0.2, 0) is 6.42 Å². The third-order valence-electron chi connectivity index (χ3n) is 5.13. The molecule has 1 N–H and O–H groups in total. The molecule has 0 unspecified atom stereocenters. The van der Waals surface area contributed by atoms with Crippen molar-refractivity contribution in [3.63, 3.8) is 0 Å². The number of rotatable bonds is 3. The smallest absolute Gasteiger partial charge is 0.218 e. The number of ether oxygens (including phenoxy) is 1. The number of hydrogen-bond acceptors (Lipinski definition) is 4. The van der Waals surface area contributed by atoms with Gasteiger partial charge in [0.15, 0.2) is 0 Å². The first-order chi connectivity index (χ1) is 12.5. The van der Waals surface area contributed by atoms with Gasteiger partial charge in [-0.2, -0.15) is 5.10 Å². The third-order valence-corrected chi connectivity index (χ3v) is 5.13. The summed E-state index contributed by atoms with van der Waals surface area (Å²) >= 11 is 0. The number of aliphatic hydroxyl groups is 1. The van der Waals surface area contributed by atoms with Crippen LogP contribution < -0.4 is 4.74 Å². The molecule has 4 nitrogen and oxygen atoms in total. The lowest BCUT2D eigenvalue weighted by molar-refractivity contribution is -0.0697. The molecule has 134 valence electrons. The van der Waals surface area contributed by atoms with E-state index in [1.165, 1.54) is 5.56 Å². The number of nitrogens with zero attached hydrogens (tertiary/aromatic N) is 2. The number of aryl methyl sites for hydroxylation is 1. The summed E-state index contributed by atoms with van der Waals surface area (Å²) in [6.45, 7) is 5.77. The molecule has 0 radical (unpaired) electrons. The summed E-state index contributed by atoms with van der Waals surface area (Å²) in [5, 5.41) is 16.8. The Balaban J connectivity index is 1.77. The molecule has 2 aliphatic heterocycles. The van der Waals surface area contributed by atoms with Gasteiger partial charge in [-0.05, 0) is 30.5 Å². The van der Waals surface area contributed by atoms with Crippen LogP contribution in [0.2, 0.25) is 0 Å². The maximum absolute atomic E-state index is 9.88. The van der Waals surface area contributed by atoms with Crippen LogP contribution in [0.5, 0.6) is 5.75 Å². The van der Waals surface area contributed by atoms with Gasteiger partial charge in [0, 0.05) is 25.0 Å². The van der Waals surface area contributed by atoms with Gasteiger partial charge in [0.05, 0.1) is 17.5 Å². The maximum atomic E-state index is 9.88. The van der Waals surface area contributed by atoms with E-state index in [1.807, 2.05) is 30.1 Å². The molecule has 0 aromatic heterocycles. The Morgan fingerprint density at radius 2 is 2.00 bits per heavy atom. The summed E-state index contributed by atoms with van der Waals surface area (Å²) < 4.78 is 6.25. The van der Waals surface area contributed by atoms with Crippen molar-refractivity contribution >= 4 is 5.71 Å². The number of allylic oxidation sites excluding steroid dienone is 1. The largest absolute Gasteiger partial charge is 0.513 e. The van der Waals surface area contributed by atoms with Crippen LogP contribution in [0, 0.1) is 0 Å². The average Bonchev–Trinajstić information content (AvgIpc) is 3.08. The highest BCUT2D eigenvalue weighted by Gasteiger charge is 2.46. The monoisotopic (exact) mass is 348 g/mol. The van der Waals surface area contributed by atoms with Gasteiger partial charge in [-0.15, -0.1) is 0 Å². The molecule has 26 heavy (non-hydrogen) atoms. The Labute approximate surface area is 154 Å². The number of aliphatic hydroxyl groups excluding tert-OH is 1. The number of fused-ring (bicyclic) bond motifs is 3. The van der Waals surface area contributed by atoms with Gasteiger partial charge in [-0.3, -0.25) is 0 Å². The fourth-order valence-electron chi connectivity index (χ4n) is 3.87. The second-order valence-electron chi connectivity index (χ2n) is 7.14. The minimum absolute atomic E-state index is 0.0985. The molecule has 4 rings (SSSR count). The first-order valence-corrected chi connectivity index (χ1v) is 9.12. The summed E-state index contributed by atoms with van der Waals surface area (Å²) in [4.78, 5) is 0. The fourth-order valence-corrected chi connectivity index (χ4v) is 3.87. The molecule has 2 heterocycles. The molecule has 2 aromatic rings. The van der Waals surface area contributed by atoms with E-state index in [4.69, 9.17) is 9.84 Å². The van der Waals surface area contributed by atoms with Gasteiger partial charge >= 0.3 is 0 Å². The molecule has 4 heteroatoms.